The van der Waals surface area contributed by atoms with Gasteiger partial charge in [-0.15, -0.1) is 0 Å². The Hall–Kier alpha value is -2.25. The Labute approximate surface area is 140 Å². The molecule has 0 bridgehead atoms. The molecule has 7 heteroatoms. The molecule has 2 heterocycles. The summed E-state index contributed by atoms with van der Waals surface area (Å²) in [6.45, 7) is 2.44. The van der Waals surface area contributed by atoms with Crippen molar-refractivity contribution in [3.8, 4) is 0 Å². The van der Waals surface area contributed by atoms with Crippen LogP contribution in [-0.4, -0.2) is 49.5 Å². The van der Waals surface area contributed by atoms with Crippen LogP contribution >= 0.6 is 0 Å². The maximum atomic E-state index is 12.7. The minimum Gasteiger partial charge on any atom is -0.385 e. The van der Waals surface area contributed by atoms with Gasteiger partial charge in [0.15, 0.2) is 0 Å². The molecule has 1 amide bonds. The number of amides is 1. The lowest BCUT2D eigenvalue weighted by molar-refractivity contribution is -0.137. The van der Waals surface area contributed by atoms with Gasteiger partial charge in [0.1, 0.15) is 11.3 Å². The number of hydrogen-bond acceptors (Lipinski definition) is 5. The number of carbonyl (C=O) groups is 1. The van der Waals surface area contributed by atoms with E-state index in [0.29, 0.717) is 25.1 Å². The third kappa shape index (κ3) is 3.05. The third-order valence-corrected chi connectivity index (χ3v) is 4.83. The van der Waals surface area contributed by atoms with Gasteiger partial charge in [0.2, 0.25) is 5.91 Å². The number of rotatable bonds is 5. The van der Waals surface area contributed by atoms with E-state index in [1.165, 1.54) is 6.20 Å². The molecule has 3 rings (SSSR count). The molecule has 24 heavy (non-hydrogen) atoms. The first-order chi connectivity index (χ1) is 11.5. The summed E-state index contributed by atoms with van der Waals surface area (Å²) in [7, 11) is 0. The highest BCUT2D eigenvalue weighted by Crippen LogP contribution is 2.33. The van der Waals surface area contributed by atoms with Crippen LogP contribution in [0.1, 0.15) is 37.4 Å². The second-order valence-electron chi connectivity index (χ2n) is 6.38. The van der Waals surface area contributed by atoms with Crippen LogP contribution < -0.4 is 0 Å². The normalized spacial score (nSPS) is 23.2. The van der Waals surface area contributed by atoms with Gasteiger partial charge >= 0.3 is 0 Å². The number of carbonyl (C=O) groups excluding carboxylic acids is 1. The van der Waals surface area contributed by atoms with E-state index >= 15 is 0 Å². The van der Waals surface area contributed by atoms with E-state index in [1.807, 2.05) is 37.3 Å². The van der Waals surface area contributed by atoms with Gasteiger partial charge in [-0.1, -0.05) is 37.3 Å². The number of hydrogen-bond donors (Lipinski definition) is 3. The Morgan fingerprint density at radius 1 is 1.42 bits per heavy atom. The van der Waals surface area contributed by atoms with Crippen molar-refractivity contribution in [1.29, 1.82) is 0 Å². The number of aromatic nitrogens is 3. The molecule has 3 N–H and O–H groups in total. The molecule has 1 aliphatic rings. The SMILES string of the molecule is CCC(O)(CC(=O)N1CCC(O)(c2cn[nH]n2)C1)c1ccccc1. The minimum atomic E-state index is -1.20. The van der Waals surface area contributed by atoms with E-state index in [4.69, 9.17) is 0 Å². The van der Waals surface area contributed by atoms with Crippen molar-refractivity contribution in [2.75, 3.05) is 13.1 Å². The number of likely N-dealkylation sites (tertiary alicyclic amines) is 1. The lowest BCUT2D eigenvalue weighted by Gasteiger charge is -2.29. The molecule has 2 atom stereocenters. The summed E-state index contributed by atoms with van der Waals surface area (Å²) in [6, 6.07) is 9.22. The third-order valence-electron chi connectivity index (χ3n) is 4.83. The fraction of sp³-hybridized carbons (Fsp3) is 0.471. The number of nitrogens with zero attached hydrogens (tertiary/aromatic N) is 3. The van der Waals surface area contributed by atoms with Gasteiger partial charge in [-0.3, -0.25) is 4.79 Å². The lowest BCUT2D eigenvalue weighted by atomic mass is 9.87. The summed E-state index contributed by atoms with van der Waals surface area (Å²) in [6.07, 6.45) is 2.30. The van der Waals surface area contributed by atoms with Gasteiger partial charge in [-0.05, 0) is 12.0 Å². The summed E-state index contributed by atoms with van der Waals surface area (Å²) in [5, 5.41) is 31.7. The number of nitrogens with one attached hydrogen (secondary N) is 1. The average molecular weight is 330 g/mol. The number of aromatic amines is 1. The van der Waals surface area contributed by atoms with Gasteiger partial charge < -0.3 is 15.1 Å². The highest BCUT2D eigenvalue weighted by molar-refractivity contribution is 5.78. The first-order valence-electron chi connectivity index (χ1n) is 8.11. The van der Waals surface area contributed by atoms with Gasteiger partial charge in [-0.25, -0.2) is 0 Å². The molecular weight excluding hydrogens is 308 g/mol. The highest BCUT2D eigenvalue weighted by atomic mass is 16.3. The zero-order valence-electron chi connectivity index (χ0n) is 13.6. The Bertz CT molecular complexity index is 691. The second-order valence-corrected chi connectivity index (χ2v) is 6.38. The van der Waals surface area contributed by atoms with Crippen LogP contribution in [0, 0.1) is 0 Å². The molecule has 1 aromatic carbocycles. The molecular formula is C17H22N4O3. The fourth-order valence-corrected chi connectivity index (χ4v) is 3.18. The summed E-state index contributed by atoms with van der Waals surface area (Å²) in [5.41, 5.74) is -1.22. The summed E-state index contributed by atoms with van der Waals surface area (Å²) >= 11 is 0. The van der Waals surface area contributed by atoms with Gasteiger partial charge in [0, 0.05) is 13.0 Å². The topological polar surface area (TPSA) is 102 Å². The molecule has 0 aliphatic carbocycles. The number of β-amino-alcohol motifs (C(OH)–C–C–N with tert-alkyl or cyclic N) is 1. The van der Waals surface area contributed by atoms with Crippen LogP contribution in [0.4, 0.5) is 0 Å². The van der Waals surface area contributed by atoms with Crippen molar-refractivity contribution >= 4 is 5.91 Å². The van der Waals surface area contributed by atoms with Crippen molar-refractivity contribution in [3.63, 3.8) is 0 Å². The van der Waals surface area contributed by atoms with Gasteiger partial charge in [0.05, 0.1) is 24.8 Å². The maximum Gasteiger partial charge on any atom is 0.225 e. The van der Waals surface area contributed by atoms with Crippen LogP contribution in [0.2, 0.25) is 0 Å². The molecule has 7 nitrogen and oxygen atoms in total. The smallest absolute Gasteiger partial charge is 0.225 e. The first-order valence-corrected chi connectivity index (χ1v) is 8.11. The number of benzene rings is 1. The summed E-state index contributed by atoms with van der Waals surface area (Å²) < 4.78 is 0. The zero-order chi connectivity index (χ0) is 17.2. The van der Waals surface area contributed by atoms with Crippen LogP contribution in [0.3, 0.4) is 0 Å². The van der Waals surface area contributed by atoms with Crippen LogP contribution in [0.5, 0.6) is 0 Å². The van der Waals surface area contributed by atoms with Crippen LogP contribution in [-0.2, 0) is 16.0 Å². The fourth-order valence-electron chi connectivity index (χ4n) is 3.18. The lowest BCUT2D eigenvalue weighted by Crippen LogP contribution is -2.39. The molecule has 1 fully saturated rings. The predicted octanol–water partition coefficient (Wildman–Crippen LogP) is 0.912. The quantitative estimate of drug-likeness (QED) is 0.756. The van der Waals surface area contributed by atoms with Crippen LogP contribution in [0.25, 0.3) is 0 Å². The van der Waals surface area contributed by atoms with Crippen molar-refractivity contribution in [3.05, 3.63) is 47.8 Å². The second kappa shape index (κ2) is 6.33. The molecule has 0 radical (unpaired) electrons. The molecule has 1 saturated heterocycles. The van der Waals surface area contributed by atoms with Crippen molar-refractivity contribution in [2.24, 2.45) is 0 Å². The molecule has 1 aromatic heterocycles. The average Bonchev–Trinajstić information content (AvgIpc) is 3.26. The highest BCUT2D eigenvalue weighted by Gasteiger charge is 2.43. The van der Waals surface area contributed by atoms with E-state index in [0.717, 1.165) is 5.56 Å². The van der Waals surface area contributed by atoms with Crippen LogP contribution in [0.15, 0.2) is 36.5 Å². The zero-order valence-corrected chi connectivity index (χ0v) is 13.6. The van der Waals surface area contributed by atoms with Gasteiger partial charge in [-0.2, -0.15) is 15.4 Å². The van der Waals surface area contributed by atoms with Gasteiger partial charge in [0.25, 0.3) is 0 Å². The van der Waals surface area contributed by atoms with E-state index < -0.39 is 11.2 Å². The molecule has 2 aromatic rings. The molecule has 0 spiro atoms. The van der Waals surface area contributed by atoms with Crippen molar-refractivity contribution in [1.82, 2.24) is 20.3 Å². The molecule has 0 saturated carbocycles. The van der Waals surface area contributed by atoms with E-state index in [1.54, 1.807) is 4.90 Å². The van der Waals surface area contributed by atoms with Crippen molar-refractivity contribution < 1.29 is 15.0 Å². The Morgan fingerprint density at radius 2 is 2.17 bits per heavy atom. The molecule has 128 valence electrons. The van der Waals surface area contributed by atoms with Crippen molar-refractivity contribution in [2.45, 2.75) is 37.4 Å². The summed E-state index contributed by atoms with van der Waals surface area (Å²) in [5.74, 6) is -0.178. The molecule has 2 unspecified atom stereocenters. The number of H-pyrrole nitrogens is 1. The molecule has 1 aliphatic heterocycles. The largest absolute Gasteiger partial charge is 0.385 e. The van der Waals surface area contributed by atoms with E-state index in [-0.39, 0.29) is 18.9 Å². The number of aliphatic hydroxyl groups is 2. The van der Waals surface area contributed by atoms with E-state index in [9.17, 15) is 15.0 Å². The maximum absolute atomic E-state index is 12.7. The summed E-state index contributed by atoms with van der Waals surface area (Å²) in [4.78, 5) is 14.2. The first kappa shape index (κ1) is 16.6. The Kier molecular flexibility index (Phi) is 4.38. The monoisotopic (exact) mass is 330 g/mol. The van der Waals surface area contributed by atoms with E-state index in [2.05, 4.69) is 15.4 Å². The Morgan fingerprint density at radius 3 is 2.79 bits per heavy atom. The standard InChI is InChI=1S/C17H22N4O3/c1-2-16(23,13-6-4-3-5-7-13)10-15(22)21-9-8-17(24,12-21)14-11-18-20-19-14/h3-7,11,23-24H,2,8-10,12H2,1H3,(H,18,19,20). The Balaban J connectivity index is 1.71. The predicted molar refractivity (Wildman–Crippen MR) is 86.7 cm³/mol. The minimum absolute atomic E-state index is 0.0115.